The van der Waals surface area contributed by atoms with Gasteiger partial charge in [0, 0.05) is 44.7 Å². The summed E-state index contributed by atoms with van der Waals surface area (Å²) in [7, 11) is 0. The second-order valence-electron chi connectivity index (χ2n) is 9.77. The van der Waals surface area contributed by atoms with Crippen LogP contribution in [0.1, 0.15) is 83.5 Å². The summed E-state index contributed by atoms with van der Waals surface area (Å²) in [6.45, 7) is 12.9. The molecule has 0 atom stereocenters. The van der Waals surface area contributed by atoms with Gasteiger partial charge in [-0.25, -0.2) is 4.79 Å². The van der Waals surface area contributed by atoms with Crippen LogP contribution in [0.4, 0.5) is 10.5 Å². The van der Waals surface area contributed by atoms with Crippen molar-refractivity contribution >= 4 is 17.6 Å². The Labute approximate surface area is 186 Å². The first kappa shape index (κ1) is 23.4. The van der Waals surface area contributed by atoms with Crippen LogP contribution in [-0.4, -0.2) is 54.2 Å². The number of hydrogen-bond acceptors (Lipinski definition) is 5. The van der Waals surface area contributed by atoms with E-state index in [1.54, 1.807) is 4.90 Å². The maximum absolute atomic E-state index is 13.4. The van der Waals surface area contributed by atoms with Gasteiger partial charge < -0.3 is 19.3 Å². The zero-order valence-electron chi connectivity index (χ0n) is 19.8. The summed E-state index contributed by atoms with van der Waals surface area (Å²) < 4.78 is 11.7. The molecule has 6 nitrogen and oxygen atoms in total. The van der Waals surface area contributed by atoms with Gasteiger partial charge in [-0.2, -0.15) is 0 Å². The van der Waals surface area contributed by atoms with E-state index in [-0.39, 0.29) is 11.9 Å². The summed E-state index contributed by atoms with van der Waals surface area (Å²) >= 11 is 0. The average molecular weight is 431 g/mol. The van der Waals surface area contributed by atoms with Crippen LogP contribution in [0.2, 0.25) is 0 Å². The fourth-order valence-electron chi connectivity index (χ4n) is 4.26. The van der Waals surface area contributed by atoms with Gasteiger partial charge >= 0.3 is 6.09 Å². The number of likely N-dealkylation sites (tertiary alicyclic amines) is 1. The monoisotopic (exact) mass is 430 g/mol. The molecule has 1 spiro atoms. The lowest BCUT2D eigenvalue weighted by Crippen LogP contribution is -2.52. The highest BCUT2D eigenvalue weighted by Gasteiger charge is 2.50. The Morgan fingerprint density at radius 2 is 1.74 bits per heavy atom. The number of fused-ring (bicyclic) bond motifs is 1. The van der Waals surface area contributed by atoms with Crippen molar-refractivity contribution < 1.29 is 19.1 Å². The van der Waals surface area contributed by atoms with Gasteiger partial charge in [0.15, 0.2) is 5.60 Å². The van der Waals surface area contributed by atoms with Crippen LogP contribution in [0.15, 0.2) is 18.2 Å². The Balaban J connectivity index is 1.71. The summed E-state index contributed by atoms with van der Waals surface area (Å²) in [6.07, 6.45) is 5.22. The van der Waals surface area contributed by atoms with Crippen molar-refractivity contribution in [2.75, 3.05) is 31.1 Å². The molecule has 1 aromatic rings. The van der Waals surface area contributed by atoms with E-state index >= 15 is 0 Å². The summed E-state index contributed by atoms with van der Waals surface area (Å²) in [5, 5.41) is 0. The van der Waals surface area contributed by atoms with Crippen LogP contribution in [0, 0.1) is 0 Å². The zero-order chi connectivity index (χ0) is 22.6. The third-order valence-electron chi connectivity index (χ3n) is 6.08. The largest absolute Gasteiger partial charge is 0.478 e. The summed E-state index contributed by atoms with van der Waals surface area (Å²) in [6, 6.07) is 6.03. The lowest BCUT2D eigenvalue weighted by Gasteiger charge is -2.37. The number of anilines is 1. The van der Waals surface area contributed by atoms with Crippen LogP contribution >= 0.6 is 0 Å². The van der Waals surface area contributed by atoms with E-state index in [0.717, 1.165) is 44.5 Å². The Kier molecular flexibility index (Phi) is 7.17. The van der Waals surface area contributed by atoms with E-state index in [9.17, 15) is 9.59 Å². The lowest BCUT2D eigenvalue weighted by molar-refractivity contribution is -0.00474. The highest BCUT2D eigenvalue weighted by molar-refractivity contribution is 6.08. The number of carbonyl (C=O) groups is 2. The van der Waals surface area contributed by atoms with Crippen LogP contribution in [-0.2, 0) is 4.74 Å². The zero-order valence-corrected chi connectivity index (χ0v) is 19.8. The van der Waals surface area contributed by atoms with Crippen LogP contribution in [0.3, 0.4) is 0 Å². The third kappa shape index (κ3) is 5.34. The Morgan fingerprint density at radius 3 is 2.29 bits per heavy atom. The van der Waals surface area contributed by atoms with Crippen molar-refractivity contribution in [3.05, 3.63) is 23.8 Å². The van der Waals surface area contributed by atoms with Crippen molar-refractivity contribution in [2.45, 2.75) is 84.3 Å². The molecule has 3 rings (SSSR count). The minimum atomic E-state index is -0.850. The topological polar surface area (TPSA) is 59.1 Å². The molecule has 1 amide bonds. The fraction of sp³-hybridized carbons (Fsp3) is 0.680. The molecular formula is C25H38N2O4. The third-order valence-corrected chi connectivity index (χ3v) is 6.08. The average Bonchev–Trinajstić information content (AvgIpc) is 2.98. The van der Waals surface area contributed by atoms with Crippen LogP contribution in [0.5, 0.6) is 5.75 Å². The molecule has 0 N–H and O–H groups in total. The van der Waals surface area contributed by atoms with Gasteiger partial charge in [0.2, 0.25) is 5.78 Å². The predicted molar refractivity (Wildman–Crippen MR) is 123 cm³/mol. The van der Waals surface area contributed by atoms with Crippen molar-refractivity contribution in [1.29, 1.82) is 0 Å². The number of benzene rings is 1. The van der Waals surface area contributed by atoms with E-state index < -0.39 is 11.2 Å². The van der Waals surface area contributed by atoms with Gasteiger partial charge in [0.1, 0.15) is 11.4 Å². The normalized spacial score (nSPS) is 17.5. The second kappa shape index (κ2) is 9.49. The molecule has 2 aliphatic rings. The van der Waals surface area contributed by atoms with Crippen molar-refractivity contribution in [3.63, 3.8) is 0 Å². The number of carbonyl (C=O) groups excluding carboxylic acids is 2. The van der Waals surface area contributed by atoms with Gasteiger partial charge in [-0.05, 0) is 51.8 Å². The minimum absolute atomic E-state index is 0.0547. The molecule has 31 heavy (non-hydrogen) atoms. The Hall–Kier alpha value is -2.24. The molecular weight excluding hydrogens is 392 g/mol. The standard InChI is InChI=1S/C25H38N2O4/c1-6-8-14-26(15-9-7-2)19-10-11-21-20(18-19)22(28)25(30-21)12-16-27(17-13-25)23(29)31-24(3,4)5/h10-11,18H,6-9,12-17H2,1-5H3. The molecule has 172 valence electrons. The van der Waals surface area contributed by atoms with E-state index in [0.29, 0.717) is 37.2 Å². The molecule has 0 radical (unpaired) electrons. The fourth-order valence-corrected chi connectivity index (χ4v) is 4.26. The van der Waals surface area contributed by atoms with Crippen LogP contribution < -0.4 is 9.64 Å². The predicted octanol–water partition coefficient (Wildman–Crippen LogP) is 5.44. The summed E-state index contributed by atoms with van der Waals surface area (Å²) in [4.78, 5) is 29.8. The number of rotatable bonds is 7. The number of hydrogen-bond donors (Lipinski definition) is 0. The first-order valence-corrected chi connectivity index (χ1v) is 11.8. The van der Waals surface area contributed by atoms with Crippen molar-refractivity contribution in [3.8, 4) is 5.75 Å². The maximum Gasteiger partial charge on any atom is 0.410 e. The highest BCUT2D eigenvalue weighted by atomic mass is 16.6. The minimum Gasteiger partial charge on any atom is -0.478 e. The quantitative estimate of drug-likeness (QED) is 0.577. The molecule has 6 heteroatoms. The maximum atomic E-state index is 13.4. The summed E-state index contributed by atoms with van der Waals surface area (Å²) in [5.41, 5.74) is 0.402. The van der Waals surface area contributed by atoms with Crippen molar-refractivity contribution in [1.82, 2.24) is 4.90 Å². The molecule has 0 aliphatic carbocycles. The number of Topliss-reactive ketones (excluding diaryl/α,β-unsaturated/α-hetero) is 1. The molecule has 0 aromatic heterocycles. The first-order valence-electron chi connectivity index (χ1n) is 11.8. The highest BCUT2D eigenvalue weighted by Crippen LogP contribution is 2.42. The smallest absolute Gasteiger partial charge is 0.410 e. The van der Waals surface area contributed by atoms with Gasteiger partial charge in [-0.1, -0.05) is 26.7 Å². The molecule has 1 saturated heterocycles. The molecule has 2 aliphatic heterocycles. The Morgan fingerprint density at radius 1 is 1.13 bits per heavy atom. The number of piperidine rings is 1. The van der Waals surface area contributed by atoms with Gasteiger partial charge in [0.25, 0.3) is 0 Å². The van der Waals surface area contributed by atoms with E-state index in [4.69, 9.17) is 9.47 Å². The van der Waals surface area contributed by atoms with Gasteiger partial charge in [-0.3, -0.25) is 4.79 Å². The summed E-state index contributed by atoms with van der Waals surface area (Å²) in [5.74, 6) is 0.726. The molecule has 1 aromatic carbocycles. The molecule has 0 bridgehead atoms. The van der Waals surface area contributed by atoms with Crippen molar-refractivity contribution in [2.24, 2.45) is 0 Å². The Bertz CT molecular complexity index is 783. The number of amides is 1. The molecule has 1 fully saturated rings. The van der Waals surface area contributed by atoms with E-state index in [1.165, 1.54) is 0 Å². The first-order chi connectivity index (χ1) is 14.7. The van der Waals surface area contributed by atoms with Gasteiger partial charge in [0.05, 0.1) is 5.56 Å². The van der Waals surface area contributed by atoms with E-state index in [2.05, 4.69) is 24.8 Å². The lowest BCUT2D eigenvalue weighted by atomic mass is 9.86. The number of ether oxygens (including phenoxy) is 2. The number of ketones is 1. The molecule has 0 saturated carbocycles. The van der Waals surface area contributed by atoms with Crippen LogP contribution in [0.25, 0.3) is 0 Å². The molecule has 2 heterocycles. The SMILES string of the molecule is CCCCN(CCCC)c1ccc2c(c1)C(=O)C1(CCN(C(=O)OC(C)(C)C)CC1)O2. The number of nitrogens with zero attached hydrogens (tertiary/aromatic N) is 2. The van der Waals surface area contributed by atoms with Gasteiger partial charge in [-0.15, -0.1) is 0 Å². The second-order valence-corrected chi connectivity index (χ2v) is 9.77. The molecule has 0 unspecified atom stereocenters. The number of unbranched alkanes of at least 4 members (excludes halogenated alkanes) is 2. The van der Waals surface area contributed by atoms with E-state index in [1.807, 2.05) is 32.9 Å².